The fraction of sp³-hybridized carbons (Fsp3) is 0.0833. The third-order valence-corrected chi connectivity index (χ3v) is 3.77. The Morgan fingerprint density at radius 1 is 1.25 bits per heavy atom. The van der Waals surface area contributed by atoms with Crippen LogP contribution in [-0.4, -0.2) is 28.0 Å². The van der Waals surface area contributed by atoms with Crippen LogP contribution in [0.1, 0.15) is 5.56 Å². The second-order valence-corrected chi connectivity index (χ2v) is 5.81. The minimum atomic E-state index is -3.82. The lowest BCUT2D eigenvalue weighted by Crippen LogP contribution is -2.14. The van der Waals surface area contributed by atoms with E-state index in [4.69, 9.17) is 0 Å². The minimum absolute atomic E-state index is 0.233. The molecule has 0 aliphatic heterocycles. The van der Waals surface area contributed by atoms with Crippen molar-refractivity contribution in [3.8, 4) is 0 Å². The highest BCUT2D eigenvalue weighted by molar-refractivity contribution is 7.92. The van der Waals surface area contributed by atoms with Crippen LogP contribution in [0.3, 0.4) is 0 Å². The smallest absolute Gasteiger partial charge is 0.277 e. The van der Waals surface area contributed by atoms with Gasteiger partial charge in [-0.25, -0.2) is 9.50 Å². The molecular weight excluding hydrogens is 278 g/mol. The lowest BCUT2D eigenvalue weighted by atomic mass is 10.2. The number of fused-ring (bicyclic) bond motifs is 1. The van der Waals surface area contributed by atoms with Crippen LogP contribution in [0.25, 0.3) is 5.78 Å². The van der Waals surface area contributed by atoms with Gasteiger partial charge >= 0.3 is 0 Å². The zero-order valence-electron chi connectivity index (χ0n) is 10.6. The van der Waals surface area contributed by atoms with Gasteiger partial charge in [-0.1, -0.05) is 12.1 Å². The van der Waals surface area contributed by atoms with E-state index in [1.54, 1.807) is 30.5 Å². The molecule has 0 aliphatic rings. The van der Waals surface area contributed by atoms with Crippen LogP contribution >= 0.6 is 0 Å². The summed E-state index contributed by atoms with van der Waals surface area (Å²) in [6.07, 6.45) is 3.11. The summed E-state index contributed by atoms with van der Waals surface area (Å²) >= 11 is 0. The van der Waals surface area contributed by atoms with Crippen molar-refractivity contribution in [3.63, 3.8) is 0 Å². The van der Waals surface area contributed by atoms with Crippen LogP contribution in [0.4, 0.5) is 5.69 Å². The summed E-state index contributed by atoms with van der Waals surface area (Å²) in [5.41, 5.74) is 1.42. The van der Waals surface area contributed by atoms with Crippen LogP contribution in [-0.2, 0) is 10.0 Å². The first-order chi connectivity index (χ1) is 9.54. The van der Waals surface area contributed by atoms with Crippen LogP contribution in [0.5, 0.6) is 0 Å². The topological polar surface area (TPSA) is 89.2 Å². The van der Waals surface area contributed by atoms with Gasteiger partial charge in [0.15, 0.2) is 0 Å². The molecule has 0 unspecified atom stereocenters. The molecule has 2 heterocycles. The van der Waals surface area contributed by atoms with Gasteiger partial charge in [-0.05, 0) is 30.7 Å². The van der Waals surface area contributed by atoms with E-state index < -0.39 is 10.0 Å². The standard InChI is InChI=1S/C12H11N5O2S/c1-9-4-2-5-10(8-9)16-20(18,19)12-14-11-13-6-3-7-17(11)15-12/h2-8,16H,1H3. The number of hydrogen-bond donors (Lipinski definition) is 1. The summed E-state index contributed by atoms with van der Waals surface area (Å²) in [4.78, 5) is 7.83. The van der Waals surface area contributed by atoms with Crippen molar-refractivity contribution >= 4 is 21.5 Å². The van der Waals surface area contributed by atoms with Gasteiger partial charge in [0, 0.05) is 18.1 Å². The highest BCUT2D eigenvalue weighted by atomic mass is 32.2. The van der Waals surface area contributed by atoms with Crippen LogP contribution in [0, 0.1) is 6.92 Å². The van der Waals surface area contributed by atoms with Gasteiger partial charge in [0.05, 0.1) is 0 Å². The number of aryl methyl sites for hydroxylation is 1. The van der Waals surface area contributed by atoms with Crippen LogP contribution in [0.15, 0.2) is 47.9 Å². The van der Waals surface area contributed by atoms with Crippen molar-refractivity contribution in [2.75, 3.05) is 4.72 Å². The molecule has 0 saturated heterocycles. The van der Waals surface area contributed by atoms with Crippen molar-refractivity contribution in [1.82, 2.24) is 19.6 Å². The van der Waals surface area contributed by atoms with Gasteiger partial charge in [-0.3, -0.25) is 4.72 Å². The molecule has 3 aromatic rings. The van der Waals surface area contributed by atoms with E-state index >= 15 is 0 Å². The summed E-state index contributed by atoms with van der Waals surface area (Å²) in [7, 11) is -3.82. The first kappa shape index (κ1) is 12.5. The monoisotopic (exact) mass is 289 g/mol. The molecule has 0 saturated carbocycles. The van der Waals surface area contributed by atoms with E-state index in [0.717, 1.165) is 5.56 Å². The average molecular weight is 289 g/mol. The maximum atomic E-state index is 12.2. The molecule has 1 aromatic carbocycles. The summed E-state index contributed by atoms with van der Waals surface area (Å²) < 4.78 is 28.2. The summed E-state index contributed by atoms with van der Waals surface area (Å²) in [6.45, 7) is 1.88. The maximum Gasteiger partial charge on any atom is 0.299 e. The Morgan fingerprint density at radius 3 is 2.85 bits per heavy atom. The zero-order chi connectivity index (χ0) is 14.2. The van der Waals surface area contributed by atoms with Crippen molar-refractivity contribution in [2.45, 2.75) is 12.1 Å². The summed E-state index contributed by atoms with van der Waals surface area (Å²) in [5.74, 6) is 0.233. The molecule has 0 radical (unpaired) electrons. The van der Waals surface area contributed by atoms with Crippen molar-refractivity contribution < 1.29 is 8.42 Å². The number of benzene rings is 1. The third kappa shape index (κ3) is 2.32. The van der Waals surface area contributed by atoms with Gasteiger partial charge in [0.1, 0.15) is 0 Å². The normalized spacial score (nSPS) is 11.7. The molecule has 0 fully saturated rings. The second-order valence-electron chi connectivity index (χ2n) is 4.23. The first-order valence-electron chi connectivity index (χ1n) is 5.81. The van der Waals surface area contributed by atoms with E-state index in [1.165, 1.54) is 10.7 Å². The van der Waals surface area contributed by atoms with Crippen LogP contribution in [0.2, 0.25) is 0 Å². The zero-order valence-corrected chi connectivity index (χ0v) is 11.4. The molecule has 3 rings (SSSR count). The van der Waals surface area contributed by atoms with Gasteiger partial charge in [0.25, 0.3) is 21.0 Å². The quantitative estimate of drug-likeness (QED) is 0.783. The first-order valence-corrected chi connectivity index (χ1v) is 7.30. The van der Waals surface area contributed by atoms with E-state index in [-0.39, 0.29) is 10.9 Å². The predicted octanol–water partition coefficient (Wildman–Crippen LogP) is 1.23. The number of hydrogen-bond acceptors (Lipinski definition) is 5. The number of rotatable bonds is 3. The number of sulfonamides is 1. The Hall–Kier alpha value is -2.48. The van der Waals surface area contributed by atoms with E-state index in [9.17, 15) is 8.42 Å². The molecule has 0 atom stereocenters. The van der Waals surface area contributed by atoms with Crippen molar-refractivity contribution in [2.24, 2.45) is 0 Å². The molecule has 0 aliphatic carbocycles. The highest BCUT2D eigenvalue weighted by Crippen LogP contribution is 2.14. The SMILES string of the molecule is Cc1cccc(NS(=O)(=O)c2nc3ncccn3n2)c1. The molecule has 8 heteroatoms. The fourth-order valence-electron chi connectivity index (χ4n) is 1.74. The number of nitrogens with zero attached hydrogens (tertiary/aromatic N) is 4. The third-order valence-electron chi connectivity index (χ3n) is 2.61. The molecule has 102 valence electrons. The fourth-order valence-corrected chi connectivity index (χ4v) is 2.66. The summed E-state index contributed by atoms with van der Waals surface area (Å²) in [5, 5.41) is 3.59. The predicted molar refractivity (Wildman–Crippen MR) is 72.8 cm³/mol. The number of nitrogens with one attached hydrogen (secondary N) is 1. The molecule has 1 N–H and O–H groups in total. The summed E-state index contributed by atoms with van der Waals surface area (Å²) in [6, 6.07) is 8.69. The van der Waals surface area contributed by atoms with Gasteiger partial charge < -0.3 is 0 Å². The minimum Gasteiger partial charge on any atom is -0.277 e. The molecule has 0 amide bonds. The maximum absolute atomic E-state index is 12.2. The van der Waals surface area contributed by atoms with E-state index in [2.05, 4.69) is 19.8 Å². The Kier molecular flexibility index (Phi) is 2.87. The Bertz CT molecular complexity index is 839. The van der Waals surface area contributed by atoms with E-state index in [1.807, 2.05) is 13.0 Å². The Balaban J connectivity index is 1.99. The second kappa shape index (κ2) is 4.57. The average Bonchev–Trinajstić information content (AvgIpc) is 2.82. The molecule has 0 spiro atoms. The highest BCUT2D eigenvalue weighted by Gasteiger charge is 2.20. The van der Waals surface area contributed by atoms with Crippen molar-refractivity contribution in [3.05, 3.63) is 48.3 Å². The molecule has 20 heavy (non-hydrogen) atoms. The molecule has 2 aromatic heterocycles. The number of aromatic nitrogens is 4. The van der Waals surface area contributed by atoms with Crippen molar-refractivity contribution in [1.29, 1.82) is 0 Å². The van der Waals surface area contributed by atoms with Gasteiger partial charge in [-0.2, -0.15) is 13.4 Å². The van der Waals surface area contributed by atoms with E-state index in [0.29, 0.717) is 5.69 Å². The molecular formula is C12H11N5O2S. The lowest BCUT2D eigenvalue weighted by molar-refractivity contribution is 0.592. The Morgan fingerprint density at radius 2 is 2.10 bits per heavy atom. The molecule has 7 nitrogen and oxygen atoms in total. The molecule has 0 bridgehead atoms. The van der Waals surface area contributed by atoms with Gasteiger partial charge in [-0.15, -0.1) is 5.10 Å². The largest absolute Gasteiger partial charge is 0.299 e. The van der Waals surface area contributed by atoms with Gasteiger partial charge in [0.2, 0.25) is 0 Å². The lowest BCUT2D eigenvalue weighted by Gasteiger charge is -2.05. The Labute approximate surface area is 115 Å². The number of anilines is 1. The van der Waals surface area contributed by atoms with Crippen LogP contribution < -0.4 is 4.72 Å².